The molecule has 10 aromatic rings. The van der Waals surface area contributed by atoms with Gasteiger partial charge in [-0.15, -0.1) is 11.3 Å². The number of para-hydroxylation sites is 2. The molecule has 0 aliphatic rings. The van der Waals surface area contributed by atoms with Crippen molar-refractivity contribution in [3.63, 3.8) is 0 Å². The Balaban J connectivity index is 1.30. The summed E-state index contributed by atoms with van der Waals surface area (Å²) in [5.41, 5.74) is 8.89. The van der Waals surface area contributed by atoms with Crippen LogP contribution in [-0.4, -0.2) is 0 Å². The van der Waals surface area contributed by atoms with Gasteiger partial charge in [0.1, 0.15) is 16.7 Å². The molecule has 0 fully saturated rings. The number of hydrogen-bond donors (Lipinski definition) is 0. The zero-order valence-electron chi connectivity index (χ0n) is 24.6. The van der Waals surface area contributed by atoms with Crippen LogP contribution >= 0.6 is 11.3 Å². The number of nitrogens with zero attached hydrogens (tertiary/aromatic N) is 1. The highest BCUT2D eigenvalue weighted by atomic mass is 32.1. The van der Waals surface area contributed by atoms with Crippen molar-refractivity contribution in [1.82, 2.24) is 0 Å². The van der Waals surface area contributed by atoms with Gasteiger partial charge < -0.3 is 13.7 Å². The zero-order valence-corrected chi connectivity index (χ0v) is 25.4. The lowest BCUT2D eigenvalue weighted by Gasteiger charge is -2.26. The summed E-state index contributed by atoms with van der Waals surface area (Å²) in [4.78, 5) is 2.34. The maximum Gasteiger partial charge on any atom is 0.160 e. The fourth-order valence-corrected chi connectivity index (χ4v) is 8.07. The predicted octanol–water partition coefficient (Wildman–Crippen LogP) is 13.0. The molecule has 0 atom stereocenters. The summed E-state index contributed by atoms with van der Waals surface area (Å²) < 4.78 is 15.6. The Morgan fingerprint density at radius 3 is 1.91 bits per heavy atom. The number of fused-ring (bicyclic) bond motifs is 9. The van der Waals surface area contributed by atoms with E-state index in [1.165, 1.54) is 20.2 Å². The van der Waals surface area contributed by atoms with Gasteiger partial charge in [-0.05, 0) is 71.8 Å². The van der Waals surface area contributed by atoms with Crippen LogP contribution in [0, 0.1) is 0 Å². The van der Waals surface area contributed by atoms with E-state index in [9.17, 15) is 0 Å². The second kappa shape index (κ2) is 9.83. The molecule has 10 rings (SSSR count). The standard InChI is InChI=1S/C42H25NO2S/c1-2-10-26(11-3-1)29-20-21-35(42-41(29)32-14-5-8-16-37(32)45-42)43(27-18-22-38-33(24-27)30-12-4-7-15-36(30)44-38)28-19-23-40-34(25-28)31-13-6-9-17-39(31)46-40/h1-25H. The maximum atomic E-state index is 6.80. The van der Waals surface area contributed by atoms with E-state index >= 15 is 0 Å². The van der Waals surface area contributed by atoms with Crippen LogP contribution < -0.4 is 4.90 Å². The largest absolute Gasteiger partial charge is 0.456 e. The first-order valence-corrected chi connectivity index (χ1v) is 16.2. The first kappa shape index (κ1) is 25.5. The van der Waals surface area contributed by atoms with Crippen LogP contribution in [0.1, 0.15) is 0 Å². The Morgan fingerprint density at radius 1 is 0.435 bits per heavy atom. The molecule has 0 saturated carbocycles. The van der Waals surface area contributed by atoms with Gasteiger partial charge in [0.25, 0.3) is 0 Å². The normalized spacial score (nSPS) is 11.9. The van der Waals surface area contributed by atoms with Crippen LogP contribution in [0.25, 0.3) is 75.2 Å². The molecule has 3 heterocycles. The maximum absolute atomic E-state index is 6.80. The second-order valence-electron chi connectivity index (χ2n) is 11.7. The highest BCUT2D eigenvalue weighted by Gasteiger charge is 2.23. The third-order valence-electron chi connectivity index (χ3n) is 9.07. The van der Waals surface area contributed by atoms with E-state index < -0.39 is 0 Å². The number of thiophene rings is 1. The summed E-state index contributed by atoms with van der Waals surface area (Å²) in [6, 6.07) is 53.6. The van der Waals surface area contributed by atoms with E-state index in [0.717, 1.165) is 72.1 Å². The molecular weight excluding hydrogens is 583 g/mol. The van der Waals surface area contributed by atoms with Gasteiger partial charge in [-0.25, -0.2) is 0 Å². The molecular formula is C42H25NO2S. The van der Waals surface area contributed by atoms with Crippen LogP contribution in [0.4, 0.5) is 17.1 Å². The Morgan fingerprint density at radius 2 is 1.07 bits per heavy atom. The highest BCUT2D eigenvalue weighted by Crippen LogP contribution is 2.47. The molecule has 0 N–H and O–H groups in total. The number of hydrogen-bond acceptors (Lipinski definition) is 4. The van der Waals surface area contributed by atoms with Crippen LogP contribution in [0.3, 0.4) is 0 Å². The fraction of sp³-hybridized carbons (Fsp3) is 0. The first-order chi connectivity index (χ1) is 22.8. The Hall–Kier alpha value is -5.84. The lowest BCUT2D eigenvalue weighted by molar-refractivity contribution is 0.669. The third kappa shape index (κ3) is 3.77. The molecule has 7 aromatic carbocycles. The van der Waals surface area contributed by atoms with Gasteiger partial charge in [-0.2, -0.15) is 0 Å². The number of anilines is 3. The third-order valence-corrected chi connectivity index (χ3v) is 10.2. The van der Waals surface area contributed by atoms with Gasteiger partial charge in [-0.3, -0.25) is 0 Å². The first-order valence-electron chi connectivity index (χ1n) is 15.4. The van der Waals surface area contributed by atoms with E-state index in [0.29, 0.717) is 0 Å². The van der Waals surface area contributed by atoms with Crippen molar-refractivity contribution in [2.75, 3.05) is 4.90 Å². The molecule has 0 radical (unpaired) electrons. The van der Waals surface area contributed by atoms with Crippen molar-refractivity contribution in [2.24, 2.45) is 0 Å². The SMILES string of the molecule is c1ccc(-c2ccc(N(c3ccc4oc5ccccc5c4c3)c3ccc4sc5ccccc5c4c3)c3oc4ccccc4c23)cc1. The van der Waals surface area contributed by atoms with E-state index in [4.69, 9.17) is 8.83 Å². The second-order valence-corrected chi connectivity index (χ2v) is 12.8. The molecule has 4 heteroatoms. The molecule has 216 valence electrons. The Kier molecular flexibility index (Phi) is 5.45. The van der Waals surface area contributed by atoms with Crippen LogP contribution in [-0.2, 0) is 0 Å². The number of benzene rings is 7. The lowest BCUT2D eigenvalue weighted by atomic mass is 9.98. The molecule has 0 aliphatic heterocycles. The minimum atomic E-state index is 0.856. The summed E-state index contributed by atoms with van der Waals surface area (Å²) in [6.45, 7) is 0. The van der Waals surface area contributed by atoms with Crippen LogP contribution in [0.2, 0.25) is 0 Å². The number of rotatable bonds is 4. The summed E-state index contributed by atoms with van der Waals surface area (Å²) in [7, 11) is 0. The summed E-state index contributed by atoms with van der Waals surface area (Å²) in [6.07, 6.45) is 0. The quantitative estimate of drug-likeness (QED) is 0.199. The number of furan rings is 2. The smallest absolute Gasteiger partial charge is 0.160 e. The monoisotopic (exact) mass is 607 g/mol. The Bertz CT molecular complexity index is 2650. The topological polar surface area (TPSA) is 29.5 Å². The molecule has 46 heavy (non-hydrogen) atoms. The minimum absolute atomic E-state index is 0.856. The zero-order chi connectivity index (χ0) is 30.2. The fourth-order valence-electron chi connectivity index (χ4n) is 6.98. The molecule has 0 bridgehead atoms. The minimum Gasteiger partial charge on any atom is -0.456 e. The summed E-state index contributed by atoms with van der Waals surface area (Å²) in [5, 5.41) is 6.93. The molecule has 3 nitrogen and oxygen atoms in total. The van der Waals surface area contributed by atoms with Gasteiger partial charge in [0.2, 0.25) is 0 Å². The van der Waals surface area contributed by atoms with Gasteiger partial charge in [0.15, 0.2) is 5.58 Å². The molecule has 0 unspecified atom stereocenters. The van der Waals surface area contributed by atoms with Crippen molar-refractivity contribution in [2.45, 2.75) is 0 Å². The van der Waals surface area contributed by atoms with Crippen LogP contribution in [0.5, 0.6) is 0 Å². The van der Waals surface area contributed by atoms with E-state index in [1.54, 1.807) is 0 Å². The van der Waals surface area contributed by atoms with E-state index in [1.807, 2.05) is 29.5 Å². The van der Waals surface area contributed by atoms with Crippen molar-refractivity contribution >= 4 is 92.4 Å². The highest BCUT2D eigenvalue weighted by molar-refractivity contribution is 7.25. The summed E-state index contributed by atoms with van der Waals surface area (Å²) >= 11 is 1.83. The molecule has 0 amide bonds. The predicted molar refractivity (Wildman–Crippen MR) is 194 cm³/mol. The molecule has 0 aliphatic carbocycles. The summed E-state index contributed by atoms with van der Waals surface area (Å²) in [5.74, 6) is 0. The van der Waals surface area contributed by atoms with E-state index in [2.05, 4.69) is 138 Å². The van der Waals surface area contributed by atoms with Crippen molar-refractivity contribution in [3.05, 3.63) is 152 Å². The van der Waals surface area contributed by atoms with Crippen molar-refractivity contribution in [3.8, 4) is 11.1 Å². The van der Waals surface area contributed by atoms with Gasteiger partial charge >= 0.3 is 0 Å². The van der Waals surface area contributed by atoms with Gasteiger partial charge in [-0.1, -0.05) is 91.0 Å². The van der Waals surface area contributed by atoms with Crippen LogP contribution in [0.15, 0.2) is 160 Å². The van der Waals surface area contributed by atoms with Crippen molar-refractivity contribution in [1.29, 1.82) is 0 Å². The van der Waals surface area contributed by atoms with Gasteiger partial charge in [0.05, 0.1) is 5.69 Å². The lowest BCUT2D eigenvalue weighted by Crippen LogP contribution is -2.10. The molecule has 3 aromatic heterocycles. The average molecular weight is 608 g/mol. The van der Waals surface area contributed by atoms with E-state index in [-0.39, 0.29) is 0 Å². The average Bonchev–Trinajstić information content (AvgIpc) is 3.80. The Labute approximate surface area is 268 Å². The molecule has 0 spiro atoms. The van der Waals surface area contributed by atoms with Gasteiger partial charge in [0, 0.05) is 53.1 Å². The molecule has 0 saturated heterocycles. The van der Waals surface area contributed by atoms with Crippen molar-refractivity contribution < 1.29 is 8.83 Å².